The van der Waals surface area contributed by atoms with Gasteiger partial charge < -0.3 is 4.90 Å². The summed E-state index contributed by atoms with van der Waals surface area (Å²) in [6, 6.07) is 7.50. The number of carbonyl (C=O) groups is 2. The molecule has 1 N–H and O–H groups in total. The van der Waals surface area contributed by atoms with Crippen LogP contribution in [-0.2, 0) is 4.79 Å². The summed E-state index contributed by atoms with van der Waals surface area (Å²) in [6.45, 7) is 2.02. The van der Waals surface area contributed by atoms with Crippen LogP contribution in [0, 0.1) is 5.92 Å². The highest BCUT2D eigenvalue weighted by Gasteiger charge is 2.50. The lowest BCUT2D eigenvalue weighted by molar-refractivity contribution is -0.383. The molecule has 0 radical (unpaired) electrons. The summed E-state index contributed by atoms with van der Waals surface area (Å²) in [5.74, 6) is -0.312. The fourth-order valence-corrected chi connectivity index (χ4v) is 3.16. The predicted octanol–water partition coefficient (Wildman–Crippen LogP) is 0.752. The van der Waals surface area contributed by atoms with Gasteiger partial charge in [0.1, 0.15) is 0 Å². The molecule has 7 nitrogen and oxygen atoms in total. The van der Waals surface area contributed by atoms with Gasteiger partial charge in [0.05, 0.1) is 24.6 Å². The van der Waals surface area contributed by atoms with E-state index in [0.29, 0.717) is 11.5 Å². The number of hydrogen-bond acceptors (Lipinski definition) is 4. The summed E-state index contributed by atoms with van der Waals surface area (Å²) in [5, 5.41) is 0. The molecule has 0 spiro atoms. The summed E-state index contributed by atoms with van der Waals surface area (Å²) < 4.78 is 0. The summed E-state index contributed by atoms with van der Waals surface area (Å²) in [7, 11) is 7.13. The van der Waals surface area contributed by atoms with Gasteiger partial charge in [-0.05, 0) is 30.7 Å². The monoisotopic (exact) mass is 354 g/mol. The number of fused-ring (bicyclic) bond motifs is 1. The maximum absolute atomic E-state index is 12.8. The average molecular weight is 354 g/mol. The number of urea groups is 1. The second-order valence-electron chi connectivity index (χ2n) is 6.63. The molecule has 1 aromatic rings. The van der Waals surface area contributed by atoms with E-state index in [0.717, 1.165) is 28.3 Å². The van der Waals surface area contributed by atoms with E-state index in [1.54, 1.807) is 7.05 Å². The molecule has 2 aliphatic heterocycles. The van der Waals surface area contributed by atoms with Crippen molar-refractivity contribution in [3.8, 4) is 0 Å². The molecule has 3 rings (SSSR count). The quantitative estimate of drug-likeness (QED) is 0.871. The molecular weight excluding hydrogens is 330 g/mol. The molecule has 2 aliphatic rings. The van der Waals surface area contributed by atoms with Crippen molar-refractivity contribution in [1.29, 1.82) is 0 Å². The Balaban J connectivity index is 2.06. The highest BCUT2D eigenvalue weighted by Crippen LogP contribution is 2.26. The zero-order valence-electron chi connectivity index (χ0n) is 15.8. The van der Waals surface area contributed by atoms with Gasteiger partial charge in [0.25, 0.3) is 11.7 Å². The van der Waals surface area contributed by atoms with Crippen molar-refractivity contribution in [3.05, 3.63) is 36.0 Å². The number of benzene rings is 1. The number of imide groups is 1. The van der Waals surface area contributed by atoms with Gasteiger partial charge in [-0.25, -0.2) is 14.7 Å². The SMILES string of the molecule is CCC1=C[NH+]=C2C(C(=O)N(C)C(=O)N2C)C1=Nc1ccc(N(C)C)cc1. The summed E-state index contributed by atoms with van der Waals surface area (Å²) in [6.07, 6.45) is 2.57. The topological polar surface area (TPSA) is 70.2 Å². The largest absolute Gasteiger partial charge is 0.417 e. The molecule has 0 saturated carbocycles. The van der Waals surface area contributed by atoms with Gasteiger partial charge in [0.2, 0.25) is 0 Å². The number of hydrogen-bond donors (Lipinski definition) is 1. The van der Waals surface area contributed by atoms with Gasteiger partial charge in [-0.1, -0.05) is 6.92 Å². The first-order valence-corrected chi connectivity index (χ1v) is 8.59. The van der Waals surface area contributed by atoms with E-state index in [1.165, 1.54) is 11.9 Å². The van der Waals surface area contributed by atoms with Crippen molar-refractivity contribution in [1.82, 2.24) is 9.80 Å². The van der Waals surface area contributed by atoms with Crippen LogP contribution < -0.4 is 9.89 Å². The van der Waals surface area contributed by atoms with Gasteiger partial charge in [-0.2, -0.15) is 4.90 Å². The van der Waals surface area contributed by atoms with E-state index in [-0.39, 0.29) is 11.9 Å². The first-order valence-electron chi connectivity index (χ1n) is 8.59. The Morgan fingerprint density at radius 3 is 2.35 bits per heavy atom. The first-order chi connectivity index (χ1) is 12.3. The second-order valence-corrected chi connectivity index (χ2v) is 6.63. The third kappa shape index (κ3) is 2.89. The van der Waals surface area contributed by atoms with Gasteiger partial charge in [0, 0.05) is 32.4 Å². The number of aliphatic imine (C=N–C) groups is 1. The molecule has 136 valence electrons. The molecule has 1 aromatic carbocycles. The molecule has 0 aliphatic carbocycles. The molecule has 2 heterocycles. The Labute approximate surface area is 153 Å². The number of anilines is 1. The van der Waals surface area contributed by atoms with Crippen LogP contribution in [0.3, 0.4) is 0 Å². The Morgan fingerprint density at radius 1 is 1.12 bits per heavy atom. The second kappa shape index (κ2) is 6.74. The number of nitrogens with zero attached hydrogens (tertiary/aromatic N) is 4. The van der Waals surface area contributed by atoms with Crippen LogP contribution in [0.15, 0.2) is 41.0 Å². The minimum absolute atomic E-state index is 0.265. The van der Waals surface area contributed by atoms with Gasteiger partial charge in [-0.3, -0.25) is 9.79 Å². The van der Waals surface area contributed by atoms with Crippen molar-refractivity contribution >= 4 is 34.9 Å². The minimum atomic E-state index is -0.601. The van der Waals surface area contributed by atoms with Crippen molar-refractivity contribution in [2.45, 2.75) is 13.3 Å². The van der Waals surface area contributed by atoms with Crippen LogP contribution in [-0.4, -0.2) is 61.5 Å². The zero-order chi connectivity index (χ0) is 19.0. The summed E-state index contributed by atoms with van der Waals surface area (Å²) in [4.78, 5) is 37.6. The lowest BCUT2D eigenvalue weighted by atomic mass is 9.89. The predicted molar refractivity (Wildman–Crippen MR) is 102 cm³/mol. The highest BCUT2D eigenvalue weighted by atomic mass is 16.2. The van der Waals surface area contributed by atoms with Crippen LogP contribution in [0.4, 0.5) is 16.2 Å². The standard InChI is InChI=1S/C19H23N5O2/c1-6-12-11-20-17-15(18(25)24(5)19(26)23(17)4)16(12)21-13-7-9-14(10-8-13)22(2)3/h7-11,15H,6H2,1-5H3/p+1. The van der Waals surface area contributed by atoms with Crippen molar-refractivity contribution in [3.63, 3.8) is 0 Å². The van der Waals surface area contributed by atoms with Crippen LogP contribution in [0.1, 0.15) is 13.3 Å². The molecule has 1 unspecified atom stereocenters. The van der Waals surface area contributed by atoms with Crippen LogP contribution >= 0.6 is 0 Å². The molecule has 0 bridgehead atoms. The van der Waals surface area contributed by atoms with Crippen LogP contribution in [0.5, 0.6) is 0 Å². The third-order valence-electron chi connectivity index (χ3n) is 4.78. The Hall–Kier alpha value is -2.96. The lowest BCUT2D eigenvalue weighted by Gasteiger charge is -2.32. The average Bonchev–Trinajstić information content (AvgIpc) is 2.64. The van der Waals surface area contributed by atoms with Crippen molar-refractivity contribution in [2.24, 2.45) is 10.9 Å². The number of rotatable bonds is 3. The Kier molecular flexibility index (Phi) is 4.63. The zero-order valence-corrected chi connectivity index (χ0v) is 15.8. The van der Waals surface area contributed by atoms with E-state index in [2.05, 4.69) is 4.99 Å². The number of amides is 3. The number of carbonyl (C=O) groups excluding carboxylic acids is 2. The molecule has 7 heteroatoms. The molecule has 3 amide bonds. The van der Waals surface area contributed by atoms with Gasteiger partial charge in [-0.15, -0.1) is 0 Å². The van der Waals surface area contributed by atoms with E-state index in [9.17, 15) is 9.59 Å². The smallest absolute Gasteiger partial charge is 0.378 e. The third-order valence-corrected chi connectivity index (χ3v) is 4.78. The fraction of sp³-hybridized carbons (Fsp3) is 0.368. The Morgan fingerprint density at radius 2 is 1.77 bits per heavy atom. The van der Waals surface area contributed by atoms with E-state index in [4.69, 9.17) is 4.99 Å². The molecule has 0 aromatic heterocycles. The fourth-order valence-electron chi connectivity index (χ4n) is 3.16. The maximum Gasteiger partial charge on any atom is 0.417 e. The van der Waals surface area contributed by atoms with E-state index >= 15 is 0 Å². The van der Waals surface area contributed by atoms with Crippen molar-refractivity contribution in [2.75, 3.05) is 33.1 Å². The van der Waals surface area contributed by atoms with Gasteiger partial charge in [0.15, 0.2) is 5.92 Å². The minimum Gasteiger partial charge on any atom is -0.378 e. The van der Waals surface area contributed by atoms with E-state index in [1.807, 2.05) is 56.4 Å². The number of amidine groups is 1. The highest BCUT2D eigenvalue weighted by molar-refractivity contribution is 6.31. The van der Waals surface area contributed by atoms with E-state index < -0.39 is 5.92 Å². The lowest BCUT2D eigenvalue weighted by Crippen LogP contribution is -2.80. The Bertz CT molecular complexity index is 836. The normalized spacial score (nSPS) is 21.6. The summed E-state index contributed by atoms with van der Waals surface area (Å²) in [5.41, 5.74) is 3.51. The van der Waals surface area contributed by atoms with Gasteiger partial charge >= 0.3 is 6.03 Å². The molecule has 1 atom stereocenters. The molecular formula is C19H24N5O2+. The maximum atomic E-state index is 12.8. The van der Waals surface area contributed by atoms with Crippen LogP contribution in [0.25, 0.3) is 0 Å². The molecule has 26 heavy (non-hydrogen) atoms. The molecule has 1 fully saturated rings. The van der Waals surface area contributed by atoms with Crippen molar-refractivity contribution < 1.29 is 14.6 Å². The summed E-state index contributed by atoms with van der Waals surface area (Å²) >= 11 is 0. The number of allylic oxidation sites excluding steroid dienone is 1. The molecule has 1 saturated heterocycles. The number of nitrogens with one attached hydrogen (secondary N) is 1. The van der Waals surface area contributed by atoms with Crippen LogP contribution in [0.2, 0.25) is 0 Å². The first kappa shape index (κ1) is 17.8.